The van der Waals surface area contributed by atoms with Crippen LogP contribution in [0, 0.1) is 0 Å². The van der Waals surface area contributed by atoms with Gasteiger partial charge in [0.05, 0.1) is 20.4 Å². The van der Waals surface area contributed by atoms with Crippen LogP contribution in [0.1, 0.15) is 18.4 Å². The smallest absolute Gasteiger partial charge is 0.291 e. The van der Waals surface area contributed by atoms with Crippen LogP contribution in [0.3, 0.4) is 0 Å². The molecular formula is C25H28N4O4. The summed E-state index contributed by atoms with van der Waals surface area (Å²) < 4.78 is 13.9. The van der Waals surface area contributed by atoms with Crippen LogP contribution in [0.4, 0.5) is 0 Å². The lowest BCUT2D eigenvalue weighted by Crippen LogP contribution is -2.26. The highest BCUT2D eigenvalue weighted by atomic mass is 16.5. The summed E-state index contributed by atoms with van der Waals surface area (Å²) in [7, 11) is 4.86. The van der Waals surface area contributed by atoms with E-state index in [1.807, 2.05) is 47.0 Å². The third-order valence-corrected chi connectivity index (χ3v) is 5.84. The SMILES string of the molecule is COc1ccc(CCNC(=O)CCCn2c3ccccc3c3cnn(C)c(=O)c32)cc1OC. The molecule has 33 heavy (non-hydrogen) atoms. The maximum absolute atomic E-state index is 12.8. The molecule has 8 heteroatoms. The van der Waals surface area contributed by atoms with Crippen LogP contribution in [0.5, 0.6) is 11.5 Å². The molecule has 4 rings (SSSR count). The van der Waals surface area contributed by atoms with Crippen molar-refractivity contribution in [3.63, 3.8) is 0 Å². The largest absolute Gasteiger partial charge is 0.493 e. The third-order valence-electron chi connectivity index (χ3n) is 5.84. The number of para-hydroxylation sites is 1. The summed E-state index contributed by atoms with van der Waals surface area (Å²) in [6, 6.07) is 13.6. The Morgan fingerprint density at radius 3 is 2.64 bits per heavy atom. The number of benzene rings is 2. The minimum Gasteiger partial charge on any atom is -0.493 e. The summed E-state index contributed by atoms with van der Waals surface area (Å²) in [5, 5.41) is 8.98. The number of rotatable bonds is 9. The molecular weight excluding hydrogens is 420 g/mol. The van der Waals surface area contributed by atoms with Crippen molar-refractivity contribution in [3.8, 4) is 11.5 Å². The number of carbonyl (C=O) groups is 1. The predicted octanol–water partition coefficient (Wildman–Crippen LogP) is 3.04. The van der Waals surface area contributed by atoms with E-state index in [9.17, 15) is 9.59 Å². The Labute approximate surface area is 191 Å². The van der Waals surface area contributed by atoms with Crippen molar-refractivity contribution in [3.05, 3.63) is 64.6 Å². The van der Waals surface area contributed by atoms with E-state index in [1.165, 1.54) is 4.68 Å². The van der Waals surface area contributed by atoms with Crippen molar-refractivity contribution in [2.45, 2.75) is 25.8 Å². The van der Waals surface area contributed by atoms with E-state index >= 15 is 0 Å². The van der Waals surface area contributed by atoms with Crippen LogP contribution in [-0.2, 0) is 24.8 Å². The van der Waals surface area contributed by atoms with Gasteiger partial charge in [-0.1, -0.05) is 24.3 Å². The van der Waals surface area contributed by atoms with E-state index < -0.39 is 0 Å². The molecule has 0 unspecified atom stereocenters. The van der Waals surface area contributed by atoms with Crippen LogP contribution in [0.15, 0.2) is 53.5 Å². The summed E-state index contributed by atoms with van der Waals surface area (Å²) in [6.07, 6.45) is 3.44. The molecule has 0 bridgehead atoms. The van der Waals surface area contributed by atoms with E-state index in [0.717, 1.165) is 21.9 Å². The summed E-state index contributed by atoms with van der Waals surface area (Å²) in [5.74, 6) is 1.35. The van der Waals surface area contributed by atoms with Gasteiger partial charge in [-0.2, -0.15) is 5.10 Å². The highest BCUT2D eigenvalue weighted by Crippen LogP contribution is 2.28. The standard InChI is InChI=1S/C25H28N4O4/c1-28-25(31)24-19(16-27-28)18-7-4-5-8-20(18)29(24)14-6-9-23(30)26-13-12-17-10-11-21(32-2)22(15-17)33-3/h4-5,7-8,10-11,15-16H,6,9,12-14H2,1-3H3,(H,26,30). The average molecular weight is 449 g/mol. The molecule has 0 radical (unpaired) electrons. The number of ether oxygens (including phenoxy) is 2. The maximum Gasteiger partial charge on any atom is 0.291 e. The fourth-order valence-electron chi connectivity index (χ4n) is 4.14. The Kier molecular flexibility index (Phi) is 6.63. The van der Waals surface area contributed by atoms with Gasteiger partial charge in [0.25, 0.3) is 5.56 Å². The molecule has 0 spiro atoms. The van der Waals surface area contributed by atoms with Crippen LogP contribution >= 0.6 is 0 Å². The molecule has 1 amide bonds. The number of fused-ring (bicyclic) bond motifs is 3. The first-order valence-electron chi connectivity index (χ1n) is 10.9. The number of nitrogens with zero attached hydrogens (tertiary/aromatic N) is 3. The number of aromatic nitrogens is 3. The monoisotopic (exact) mass is 448 g/mol. The molecule has 2 aromatic heterocycles. The van der Waals surface area contributed by atoms with Crippen molar-refractivity contribution in [1.29, 1.82) is 0 Å². The van der Waals surface area contributed by atoms with Gasteiger partial charge in [0, 0.05) is 42.8 Å². The minimum absolute atomic E-state index is 0.00851. The van der Waals surface area contributed by atoms with E-state index in [2.05, 4.69) is 10.4 Å². The topological polar surface area (TPSA) is 87.4 Å². The highest BCUT2D eigenvalue weighted by Gasteiger charge is 2.15. The minimum atomic E-state index is -0.136. The van der Waals surface area contributed by atoms with Gasteiger partial charge >= 0.3 is 0 Å². The Hall–Kier alpha value is -3.81. The molecule has 8 nitrogen and oxygen atoms in total. The van der Waals surface area contributed by atoms with E-state index in [-0.39, 0.29) is 11.5 Å². The lowest BCUT2D eigenvalue weighted by atomic mass is 10.1. The number of amides is 1. The zero-order valence-corrected chi connectivity index (χ0v) is 19.1. The first-order chi connectivity index (χ1) is 16.0. The molecule has 4 aromatic rings. The molecule has 0 atom stereocenters. The van der Waals surface area contributed by atoms with Crippen molar-refractivity contribution in [1.82, 2.24) is 19.7 Å². The van der Waals surface area contributed by atoms with Crippen molar-refractivity contribution in [2.24, 2.45) is 7.05 Å². The molecule has 2 aromatic carbocycles. The molecule has 0 saturated carbocycles. The Balaban J connectivity index is 1.37. The molecule has 0 saturated heterocycles. The van der Waals surface area contributed by atoms with Crippen LogP contribution in [-0.4, -0.2) is 41.0 Å². The number of carbonyl (C=O) groups excluding carboxylic acids is 1. The molecule has 0 fully saturated rings. The van der Waals surface area contributed by atoms with Crippen molar-refractivity contribution in [2.75, 3.05) is 20.8 Å². The normalized spacial score (nSPS) is 11.1. The maximum atomic E-state index is 12.8. The van der Waals surface area contributed by atoms with Gasteiger partial charge in [-0.05, 0) is 36.6 Å². The van der Waals surface area contributed by atoms with Gasteiger partial charge in [-0.3, -0.25) is 9.59 Å². The summed E-state index contributed by atoms with van der Waals surface area (Å²) in [6.45, 7) is 1.11. The first kappa shape index (κ1) is 22.4. The summed E-state index contributed by atoms with van der Waals surface area (Å²) in [5.41, 5.74) is 2.53. The molecule has 0 aliphatic carbocycles. The van der Waals surface area contributed by atoms with E-state index in [1.54, 1.807) is 27.5 Å². The van der Waals surface area contributed by atoms with Gasteiger partial charge in [0.2, 0.25) is 5.91 Å². The second kappa shape index (κ2) is 9.77. The van der Waals surface area contributed by atoms with Gasteiger partial charge in [0.1, 0.15) is 5.52 Å². The lowest BCUT2D eigenvalue weighted by Gasteiger charge is -2.10. The van der Waals surface area contributed by atoms with Crippen molar-refractivity contribution >= 4 is 27.7 Å². The number of nitrogens with one attached hydrogen (secondary N) is 1. The average Bonchev–Trinajstić information content (AvgIpc) is 3.15. The Morgan fingerprint density at radius 1 is 1.06 bits per heavy atom. The predicted molar refractivity (Wildman–Crippen MR) is 128 cm³/mol. The number of hydrogen-bond donors (Lipinski definition) is 1. The molecule has 2 heterocycles. The molecule has 1 N–H and O–H groups in total. The third kappa shape index (κ3) is 4.55. The van der Waals surface area contributed by atoms with Gasteiger partial charge in [0.15, 0.2) is 11.5 Å². The Bertz CT molecular complexity index is 1360. The Morgan fingerprint density at radius 2 is 1.85 bits per heavy atom. The molecule has 172 valence electrons. The van der Waals surface area contributed by atoms with Crippen LogP contribution < -0.4 is 20.3 Å². The fourth-order valence-corrected chi connectivity index (χ4v) is 4.14. The van der Waals surface area contributed by atoms with Crippen LogP contribution in [0.2, 0.25) is 0 Å². The molecule has 0 aliphatic heterocycles. The zero-order chi connectivity index (χ0) is 23.4. The summed E-state index contributed by atoms with van der Waals surface area (Å²) in [4.78, 5) is 25.2. The number of methoxy groups -OCH3 is 2. The van der Waals surface area contributed by atoms with Gasteiger partial charge in [-0.25, -0.2) is 4.68 Å². The molecule has 0 aliphatic rings. The van der Waals surface area contributed by atoms with Gasteiger partial charge in [-0.15, -0.1) is 0 Å². The highest BCUT2D eigenvalue weighted by molar-refractivity contribution is 6.07. The quantitative estimate of drug-likeness (QED) is 0.425. The zero-order valence-electron chi connectivity index (χ0n) is 19.1. The fraction of sp³-hybridized carbons (Fsp3) is 0.320. The number of aryl methyl sites for hydroxylation is 2. The lowest BCUT2D eigenvalue weighted by molar-refractivity contribution is -0.121. The second-order valence-corrected chi connectivity index (χ2v) is 7.90. The van der Waals surface area contributed by atoms with Crippen LogP contribution in [0.25, 0.3) is 21.8 Å². The summed E-state index contributed by atoms with van der Waals surface area (Å²) >= 11 is 0. The van der Waals surface area contributed by atoms with E-state index in [4.69, 9.17) is 9.47 Å². The second-order valence-electron chi connectivity index (χ2n) is 7.90. The first-order valence-corrected chi connectivity index (χ1v) is 10.9. The van der Waals surface area contributed by atoms with E-state index in [0.29, 0.717) is 49.4 Å². The van der Waals surface area contributed by atoms with Crippen molar-refractivity contribution < 1.29 is 14.3 Å². The number of hydrogen-bond acceptors (Lipinski definition) is 5. The van der Waals surface area contributed by atoms with Gasteiger partial charge < -0.3 is 19.4 Å².